The maximum atomic E-state index is 6.84. The highest BCUT2D eigenvalue weighted by Gasteiger charge is 2.40. The lowest BCUT2D eigenvalue weighted by atomic mass is 9.74. The van der Waals surface area contributed by atoms with Gasteiger partial charge in [-0.05, 0) is 25.3 Å². The van der Waals surface area contributed by atoms with Crippen molar-refractivity contribution in [2.75, 3.05) is 13.2 Å². The van der Waals surface area contributed by atoms with Gasteiger partial charge in [0.15, 0.2) is 0 Å². The van der Waals surface area contributed by atoms with E-state index in [1.807, 2.05) is 0 Å². The highest BCUT2D eigenvalue weighted by Crippen LogP contribution is 2.50. The lowest BCUT2D eigenvalue weighted by molar-refractivity contribution is 0.282. The fourth-order valence-electron chi connectivity index (χ4n) is 4.30. The lowest BCUT2D eigenvalue weighted by Gasteiger charge is -2.36. The molecule has 3 heteroatoms. The van der Waals surface area contributed by atoms with Crippen molar-refractivity contribution < 1.29 is 9.47 Å². The van der Waals surface area contributed by atoms with Gasteiger partial charge in [0.2, 0.25) is 0 Å². The summed E-state index contributed by atoms with van der Waals surface area (Å²) in [6.07, 6.45) is 7.93. The summed E-state index contributed by atoms with van der Waals surface area (Å²) in [7, 11) is 0. The van der Waals surface area contributed by atoms with Gasteiger partial charge < -0.3 is 15.2 Å². The van der Waals surface area contributed by atoms with Crippen molar-refractivity contribution in [2.24, 2.45) is 5.73 Å². The van der Waals surface area contributed by atoms with E-state index in [1.165, 1.54) is 41.5 Å². The van der Waals surface area contributed by atoms with E-state index in [9.17, 15) is 0 Å². The number of nitrogens with two attached hydrogens (primary N) is 1. The van der Waals surface area contributed by atoms with Crippen LogP contribution in [0.2, 0.25) is 0 Å². The third-order valence-corrected chi connectivity index (χ3v) is 5.31. The molecule has 0 saturated heterocycles. The zero-order valence-electron chi connectivity index (χ0n) is 12.3. The first-order valence-electron chi connectivity index (χ1n) is 7.94. The second kappa shape index (κ2) is 4.39. The molecule has 2 aliphatic heterocycles. The van der Waals surface area contributed by atoms with Crippen LogP contribution < -0.4 is 15.2 Å². The number of hydrogen-bond acceptors (Lipinski definition) is 3. The molecule has 20 heavy (non-hydrogen) atoms. The summed E-state index contributed by atoms with van der Waals surface area (Å²) in [6, 6.07) is 0. The van der Waals surface area contributed by atoms with E-state index >= 15 is 0 Å². The van der Waals surface area contributed by atoms with E-state index in [-0.39, 0.29) is 5.54 Å². The van der Waals surface area contributed by atoms with Crippen LogP contribution in [0.25, 0.3) is 0 Å². The number of hydrogen-bond donors (Lipinski definition) is 1. The summed E-state index contributed by atoms with van der Waals surface area (Å²) < 4.78 is 11.9. The average molecular weight is 273 g/mol. The van der Waals surface area contributed by atoms with Crippen LogP contribution in [-0.2, 0) is 18.4 Å². The van der Waals surface area contributed by atoms with Gasteiger partial charge in [-0.2, -0.15) is 0 Å². The number of ether oxygens (including phenoxy) is 2. The molecule has 0 aromatic heterocycles. The molecule has 1 saturated carbocycles. The van der Waals surface area contributed by atoms with Crippen LogP contribution in [0.4, 0.5) is 0 Å². The molecule has 1 fully saturated rings. The maximum absolute atomic E-state index is 6.84. The second-order valence-electron chi connectivity index (χ2n) is 6.53. The monoisotopic (exact) mass is 273 g/mol. The molecule has 4 rings (SSSR count). The normalized spacial score (nSPS) is 22.9. The molecule has 0 amide bonds. The molecule has 3 nitrogen and oxygen atoms in total. The molecule has 108 valence electrons. The first-order chi connectivity index (χ1) is 9.71. The van der Waals surface area contributed by atoms with Crippen molar-refractivity contribution in [3.8, 4) is 11.5 Å². The van der Waals surface area contributed by atoms with E-state index in [0.29, 0.717) is 0 Å². The molecule has 0 atom stereocenters. The van der Waals surface area contributed by atoms with Gasteiger partial charge in [0.1, 0.15) is 11.5 Å². The SMILES string of the molecule is Cc1c2c(c(C3(N)CCCCC3)c3c1OCC3)OCC2. The maximum Gasteiger partial charge on any atom is 0.128 e. The molecule has 1 aliphatic carbocycles. The Labute approximate surface area is 120 Å². The van der Waals surface area contributed by atoms with Crippen LogP contribution in [0, 0.1) is 6.92 Å². The Morgan fingerprint density at radius 2 is 1.55 bits per heavy atom. The fourth-order valence-corrected chi connectivity index (χ4v) is 4.30. The zero-order chi connectivity index (χ0) is 13.7. The third kappa shape index (κ3) is 1.62. The van der Waals surface area contributed by atoms with Gasteiger partial charge in [-0.15, -0.1) is 0 Å². The molecular formula is C17H23NO2. The van der Waals surface area contributed by atoms with Crippen molar-refractivity contribution in [2.45, 2.75) is 57.4 Å². The van der Waals surface area contributed by atoms with Crippen molar-refractivity contribution in [1.29, 1.82) is 0 Å². The predicted octanol–water partition coefficient (Wildman–Crippen LogP) is 2.98. The number of rotatable bonds is 1. The minimum Gasteiger partial charge on any atom is -0.493 e. The van der Waals surface area contributed by atoms with Gasteiger partial charge in [0, 0.05) is 35.1 Å². The molecule has 3 aliphatic rings. The number of benzene rings is 1. The minimum absolute atomic E-state index is 0.196. The molecule has 0 spiro atoms. The zero-order valence-corrected chi connectivity index (χ0v) is 12.3. The van der Waals surface area contributed by atoms with E-state index < -0.39 is 0 Å². The van der Waals surface area contributed by atoms with E-state index in [0.717, 1.165) is 50.4 Å². The molecule has 2 heterocycles. The van der Waals surface area contributed by atoms with Crippen molar-refractivity contribution >= 4 is 0 Å². The fraction of sp³-hybridized carbons (Fsp3) is 0.647. The van der Waals surface area contributed by atoms with Crippen LogP contribution >= 0.6 is 0 Å². The van der Waals surface area contributed by atoms with Gasteiger partial charge in [-0.1, -0.05) is 19.3 Å². The van der Waals surface area contributed by atoms with Gasteiger partial charge in [0.05, 0.1) is 13.2 Å². The first-order valence-corrected chi connectivity index (χ1v) is 7.94. The number of fused-ring (bicyclic) bond motifs is 2. The van der Waals surface area contributed by atoms with Crippen LogP contribution in [0.5, 0.6) is 11.5 Å². The Hall–Kier alpha value is -1.22. The van der Waals surface area contributed by atoms with E-state index in [4.69, 9.17) is 15.2 Å². The van der Waals surface area contributed by atoms with Gasteiger partial charge in [-0.3, -0.25) is 0 Å². The van der Waals surface area contributed by atoms with Gasteiger partial charge in [-0.25, -0.2) is 0 Å². The molecule has 1 aromatic rings. The van der Waals surface area contributed by atoms with E-state index in [1.54, 1.807) is 0 Å². The average Bonchev–Trinajstić information content (AvgIpc) is 3.08. The Morgan fingerprint density at radius 1 is 0.900 bits per heavy atom. The molecule has 0 unspecified atom stereocenters. The van der Waals surface area contributed by atoms with Crippen LogP contribution in [0.15, 0.2) is 0 Å². The quantitative estimate of drug-likeness (QED) is 0.855. The van der Waals surface area contributed by atoms with Gasteiger partial charge in [0.25, 0.3) is 0 Å². The molecule has 0 bridgehead atoms. The van der Waals surface area contributed by atoms with Crippen LogP contribution in [0.3, 0.4) is 0 Å². The second-order valence-corrected chi connectivity index (χ2v) is 6.53. The van der Waals surface area contributed by atoms with Gasteiger partial charge >= 0.3 is 0 Å². The lowest BCUT2D eigenvalue weighted by Crippen LogP contribution is -2.39. The summed E-state index contributed by atoms with van der Waals surface area (Å²) >= 11 is 0. The summed E-state index contributed by atoms with van der Waals surface area (Å²) in [5.41, 5.74) is 11.9. The Kier molecular flexibility index (Phi) is 2.75. The topological polar surface area (TPSA) is 44.5 Å². The largest absolute Gasteiger partial charge is 0.493 e. The van der Waals surface area contributed by atoms with Crippen molar-refractivity contribution in [3.05, 3.63) is 22.3 Å². The Bertz CT molecular complexity index is 524. The Morgan fingerprint density at radius 3 is 2.30 bits per heavy atom. The smallest absolute Gasteiger partial charge is 0.128 e. The summed E-state index contributed by atoms with van der Waals surface area (Å²) in [5, 5.41) is 0. The summed E-state index contributed by atoms with van der Waals surface area (Å²) in [4.78, 5) is 0. The predicted molar refractivity (Wildman–Crippen MR) is 78.5 cm³/mol. The van der Waals surface area contributed by atoms with Crippen LogP contribution in [0.1, 0.15) is 54.4 Å². The molecule has 1 aromatic carbocycles. The molecular weight excluding hydrogens is 250 g/mol. The van der Waals surface area contributed by atoms with Crippen LogP contribution in [-0.4, -0.2) is 13.2 Å². The van der Waals surface area contributed by atoms with Crippen molar-refractivity contribution in [3.63, 3.8) is 0 Å². The Balaban J connectivity index is 1.95. The third-order valence-electron chi connectivity index (χ3n) is 5.31. The first kappa shape index (κ1) is 12.5. The van der Waals surface area contributed by atoms with E-state index in [2.05, 4.69) is 6.92 Å². The van der Waals surface area contributed by atoms with Crippen molar-refractivity contribution in [1.82, 2.24) is 0 Å². The minimum atomic E-state index is -0.196. The molecule has 0 radical (unpaired) electrons. The summed E-state index contributed by atoms with van der Waals surface area (Å²) in [5.74, 6) is 2.22. The highest BCUT2D eigenvalue weighted by molar-refractivity contribution is 5.63. The summed E-state index contributed by atoms with van der Waals surface area (Å²) in [6.45, 7) is 3.76. The standard InChI is InChI=1S/C17H23NO2/c1-11-12-5-9-20-16(12)14(13-6-10-19-15(11)13)17(18)7-3-2-4-8-17/h2-10,18H2,1H3. The molecule has 2 N–H and O–H groups in total. The highest BCUT2D eigenvalue weighted by atomic mass is 16.5.